The third kappa shape index (κ3) is 10.3. The molecule has 0 aliphatic rings. The Morgan fingerprint density at radius 1 is 0.361 bits per heavy atom. The van der Waals surface area contributed by atoms with Crippen molar-refractivity contribution in [2.24, 2.45) is 0 Å². The second kappa shape index (κ2) is 16.6. The molecule has 6 rings (SSSR count). The van der Waals surface area contributed by atoms with Crippen molar-refractivity contribution < 1.29 is 14.4 Å². The second-order valence-electron chi connectivity index (χ2n) is 19.7. The van der Waals surface area contributed by atoms with Gasteiger partial charge in [-0.05, 0) is 49.5 Å². The van der Waals surface area contributed by atoms with Crippen LogP contribution in [0.1, 0.15) is 177 Å². The maximum Gasteiger partial charge on any atom is 0.230 e. The third-order valence-corrected chi connectivity index (χ3v) is 10.7. The minimum absolute atomic E-state index is 0.0565. The van der Waals surface area contributed by atoms with E-state index in [1.807, 2.05) is 60.7 Å². The molecular formula is C52H56N6O3. The summed E-state index contributed by atoms with van der Waals surface area (Å²) in [5.41, 5.74) is 6.33. The van der Waals surface area contributed by atoms with E-state index < -0.39 is 17.3 Å². The van der Waals surface area contributed by atoms with Crippen LogP contribution in [-0.4, -0.2) is 47.3 Å². The van der Waals surface area contributed by atoms with Gasteiger partial charge in [0.2, 0.25) is 34.8 Å². The number of nitrogens with zero attached hydrogens (tertiary/aromatic N) is 6. The summed E-state index contributed by atoms with van der Waals surface area (Å²) in [4.78, 5) is 70.0. The number of hydrogen-bond donors (Lipinski definition) is 0. The Hall–Kier alpha value is -6.35. The quantitative estimate of drug-likeness (QED) is 0.124. The topological polar surface area (TPSA) is 129 Å². The molecule has 0 atom stereocenters. The summed E-state index contributed by atoms with van der Waals surface area (Å²) in [7, 11) is 0. The molecule has 0 N–H and O–H groups in total. The highest BCUT2D eigenvalue weighted by molar-refractivity contribution is 6.09. The number of aromatic nitrogens is 6. The lowest BCUT2D eigenvalue weighted by molar-refractivity contribution is 0.101. The molecule has 0 saturated carbocycles. The molecule has 0 bridgehead atoms. The first-order valence-electron chi connectivity index (χ1n) is 20.6. The maximum atomic E-state index is 14.1. The van der Waals surface area contributed by atoms with Gasteiger partial charge >= 0.3 is 0 Å². The molecule has 0 spiro atoms. The van der Waals surface area contributed by atoms with E-state index in [1.165, 1.54) is 0 Å². The molecule has 0 aliphatic carbocycles. The molecular weight excluding hydrogens is 757 g/mol. The molecule has 2 aromatic heterocycles. The smallest absolute Gasteiger partial charge is 0.230 e. The van der Waals surface area contributed by atoms with Crippen LogP contribution in [0.25, 0.3) is 5.57 Å². The number of ketones is 3. The average molecular weight is 813 g/mol. The molecule has 312 valence electrons. The van der Waals surface area contributed by atoms with E-state index in [0.29, 0.717) is 22.3 Å². The van der Waals surface area contributed by atoms with Gasteiger partial charge in [-0.15, -0.1) is 0 Å². The first-order valence-corrected chi connectivity index (χ1v) is 20.6. The summed E-state index contributed by atoms with van der Waals surface area (Å²) < 4.78 is 0. The Morgan fingerprint density at radius 3 is 0.852 bits per heavy atom. The molecule has 2 heterocycles. The number of benzene rings is 4. The minimum Gasteiger partial charge on any atom is -0.285 e. The lowest BCUT2D eigenvalue weighted by atomic mass is 9.86. The summed E-state index contributed by atoms with van der Waals surface area (Å²) in [6, 6.07) is 30.0. The van der Waals surface area contributed by atoms with E-state index in [9.17, 15) is 14.4 Å². The predicted molar refractivity (Wildman–Crippen MR) is 241 cm³/mol. The highest BCUT2D eigenvalue weighted by atomic mass is 16.1. The second-order valence-corrected chi connectivity index (χ2v) is 19.7. The van der Waals surface area contributed by atoms with Crippen LogP contribution < -0.4 is 0 Å². The standard InChI is InChI=1S/C52H56N6O3/c1-31(32-14-22-36(23-15-32)49(2,3)4)45-53-40(54-46(57-45)42(59)33-16-24-37(25-17-33)50(5,6)7)30-41-55-47(43(60)34-18-26-38(27-19-34)51(8,9)10)58-48(56-41)44(61)35-20-28-39(29-21-35)52(11,12)13/h14-29H,1,30H2,2-13H3. The summed E-state index contributed by atoms with van der Waals surface area (Å²) in [6.07, 6.45) is -0.149. The molecule has 0 amide bonds. The predicted octanol–water partition coefficient (Wildman–Crippen LogP) is 10.6. The molecule has 0 aliphatic heterocycles. The Kier molecular flexibility index (Phi) is 12.0. The van der Waals surface area contributed by atoms with Gasteiger partial charge in [0.05, 0.1) is 6.42 Å². The van der Waals surface area contributed by atoms with E-state index in [-0.39, 0.29) is 63.0 Å². The normalized spacial score (nSPS) is 12.3. The fourth-order valence-electron chi connectivity index (χ4n) is 6.63. The monoisotopic (exact) mass is 812 g/mol. The lowest BCUT2D eigenvalue weighted by Crippen LogP contribution is -2.19. The fourth-order valence-corrected chi connectivity index (χ4v) is 6.63. The van der Waals surface area contributed by atoms with Gasteiger partial charge in [0, 0.05) is 22.3 Å². The number of rotatable bonds is 10. The maximum absolute atomic E-state index is 14.1. The van der Waals surface area contributed by atoms with Crippen LogP contribution in [0.15, 0.2) is 104 Å². The van der Waals surface area contributed by atoms with Crippen LogP contribution in [0.2, 0.25) is 0 Å². The Labute approximate surface area is 360 Å². The van der Waals surface area contributed by atoms with Gasteiger partial charge in [-0.2, -0.15) is 0 Å². The number of carbonyl (C=O) groups excluding carboxylic acids is 3. The summed E-state index contributed by atoms with van der Waals surface area (Å²) in [5, 5.41) is 0. The Bertz CT molecular complexity index is 2260. The van der Waals surface area contributed by atoms with E-state index in [4.69, 9.17) is 4.98 Å². The van der Waals surface area contributed by atoms with Crippen molar-refractivity contribution in [1.82, 2.24) is 29.9 Å². The lowest BCUT2D eigenvalue weighted by Gasteiger charge is -2.19. The zero-order valence-corrected chi connectivity index (χ0v) is 37.6. The molecule has 0 radical (unpaired) electrons. The highest BCUT2D eigenvalue weighted by Gasteiger charge is 2.25. The van der Waals surface area contributed by atoms with Crippen molar-refractivity contribution >= 4 is 22.9 Å². The first kappa shape index (κ1) is 44.2. The van der Waals surface area contributed by atoms with E-state index >= 15 is 0 Å². The van der Waals surface area contributed by atoms with Gasteiger partial charge in [0.1, 0.15) is 11.6 Å². The first-order chi connectivity index (χ1) is 28.4. The molecule has 4 aromatic carbocycles. The van der Waals surface area contributed by atoms with Crippen LogP contribution in [0.5, 0.6) is 0 Å². The number of carbonyl (C=O) groups is 3. The van der Waals surface area contributed by atoms with E-state index in [1.54, 1.807) is 36.4 Å². The van der Waals surface area contributed by atoms with Gasteiger partial charge in [-0.3, -0.25) is 14.4 Å². The zero-order chi connectivity index (χ0) is 44.7. The minimum atomic E-state index is -0.473. The zero-order valence-electron chi connectivity index (χ0n) is 37.6. The Morgan fingerprint density at radius 2 is 0.590 bits per heavy atom. The van der Waals surface area contributed by atoms with Crippen molar-refractivity contribution in [2.45, 2.75) is 111 Å². The van der Waals surface area contributed by atoms with Crippen LogP contribution in [0, 0.1) is 0 Å². The summed E-state index contributed by atoms with van der Waals surface area (Å²) >= 11 is 0. The average Bonchev–Trinajstić information content (AvgIpc) is 3.21. The van der Waals surface area contributed by atoms with Crippen molar-refractivity contribution in [3.05, 3.63) is 183 Å². The van der Waals surface area contributed by atoms with E-state index in [0.717, 1.165) is 27.8 Å². The fraction of sp³-hybridized carbons (Fsp3) is 0.327. The molecule has 0 saturated heterocycles. The Balaban J connectivity index is 1.45. The van der Waals surface area contributed by atoms with Gasteiger partial charge in [-0.25, -0.2) is 29.9 Å². The molecule has 6 aromatic rings. The van der Waals surface area contributed by atoms with Crippen molar-refractivity contribution in [1.29, 1.82) is 0 Å². The van der Waals surface area contributed by atoms with Crippen molar-refractivity contribution in [3.63, 3.8) is 0 Å². The molecule has 9 heteroatoms. The highest BCUT2D eigenvalue weighted by Crippen LogP contribution is 2.28. The van der Waals surface area contributed by atoms with Gasteiger partial charge in [0.15, 0.2) is 5.82 Å². The molecule has 61 heavy (non-hydrogen) atoms. The summed E-state index contributed by atoms with van der Waals surface area (Å²) in [5.74, 6) is -1.41. The van der Waals surface area contributed by atoms with Crippen LogP contribution in [-0.2, 0) is 28.1 Å². The molecule has 9 nitrogen and oxygen atoms in total. The van der Waals surface area contributed by atoms with Gasteiger partial charge in [-0.1, -0.05) is 187 Å². The largest absolute Gasteiger partial charge is 0.285 e. The summed E-state index contributed by atoms with van der Waals surface area (Å²) in [6.45, 7) is 29.7. The molecule has 0 unspecified atom stereocenters. The van der Waals surface area contributed by atoms with Crippen LogP contribution >= 0.6 is 0 Å². The van der Waals surface area contributed by atoms with Crippen LogP contribution in [0.4, 0.5) is 0 Å². The number of hydrogen-bond acceptors (Lipinski definition) is 9. The van der Waals surface area contributed by atoms with Crippen molar-refractivity contribution in [2.75, 3.05) is 0 Å². The van der Waals surface area contributed by atoms with Crippen molar-refractivity contribution in [3.8, 4) is 0 Å². The third-order valence-electron chi connectivity index (χ3n) is 10.7. The van der Waals surface area contributed by atoms with E-state index in [2.05, 4.69) is 115 Å². The van der Waals surface area contributed by atoms with Crippen LogP contribution in [0.3, 0.4) is 0 Å². The van der Waals surface area contributed by atoms with Gasteiger partial charge < -0.3 is 0 Å². The SMILES string of the molecule is C=C(c1ccc(C(C)(C)C)cc1)c1nc(Cc2nc(C(=O)c3ccc(C(C)(C)C)cc3)nc(C(=O)c3ccc(C(C)(C)C)cc3)n2)nc(C(=O)c2ccc(C(C)(C)C)cc2)n1. The van der Waals surface area contributed by atoms with Gasteiger partial charge in [0.25, 0.3) is 0 Å². The molecule has 0 fully saturated rings.